The molecule has 1 heterocycles. The summed E-state index contributed by atoms with van der Waals surface area (Å²) >= 11 is 2.68. The summed E-state index contributed by atoms with van der Waals surface area (Å²) in [6, 6.07) is 9.38. The fourth-order valence-corrected chi connectivity index (χ4v) is 4.34. The molecule has 25 heavy (non-hydrogen) atoms. The Hall–Kier alpha value is -1.79. The molecule has 4 nitrogen and oxygen atoms in total. The van der Waals surface area contributed by atoms with Gasteiger partial charge in [0.2, 0.25) is 0 Å². The van der Waals surface area contributed by atoms with Crippen molar-refractivity contribution in [1.82, 2.24) is 4.90 Å². The minimum absolute atomic E-state index is 0.0728. The van der Waals surface area contributed by atoms with E-state index in [0.717, 1.165) is 40.8 Å². The number of thiophene rings is 1. The van der Waals surface area contributed by atoms with Gasteiger partial charge >= 0.3 is 0 Å². The molecule has 1 N–H and O–H groups in total. The van der Waals surface area contributed by atoms with Crippen molar-refractivity contribution in [2.24, 2.45) is 0 Å². The lowest BCUT2D eigenvalue weighted by Crippen LogP contribution is -2.17. The smallest absolute Gasteiger partial charge is 0.286 e. The summed E-state index contributed by atoms with van der Waals surface area (Å²) in [4.78, 5) is 28.9. The molecule has 0 aliphatic heterocycles. The standard InChI is InChI=1S/C19H24N2O2S2/c1-5-9-15-13(6-2)12-17(24-15)18(22)20-14-10-7-8-11-16(14)25-19(23)21(3)4/h7-8,10-12H,5-6,9H2,1-4H3,(H,20,22). The van der Waals surface area contributed by atoms with Crippen LogP contribution in [-0.4, -0.2) is 30.1 Å². The maximum Gasteiger partial charge on any atom is 0.286 e. The van der Waals surface area contributed by atoms with Gasteiger partial charge in [0.25, 0.3) is 11.1 Å². The highest BCUT2D eigenvalue weighted by molar-refractivity contribution is 8.13. The number of nitrogens with one attached hydrogen (secondary N) is 1. The third-order valence-electron chi connectivity index (χ3n) is 3.68. The molecule has 2 aromatic rings. The average molecular weight is 377 g/mol. The number of amides is 2. The zero-order chi connectivity index (χ0) is 18.4. The molecule has 1 aromatic carbocycles. The number of benzene rings is 1. The lowest BCUT2D eigenvalue weighted by Gasteiger charge is -2.12. The fourth-order valence-electron chi connectivity index (χ4n) is 2.34. The van der Waals surface area contributed by atoms with E-state index in [1.165, 1.54) is 15.3 Å². The Morgan fingerprint density at radius 1 is 1.20 bits per heavy atom. The molecule has 0 fully saturated rings. The van der Waals surface area contributed by atoms with Gasteiger partial charge < -0.3 is 10.2 Å². The Morgan fingerprint density at radius 3 is 2.56 bits per heavy atom. The van der Waals surface area contributed by atoms with E-state index < -0.39 is 0 Å². The number of para-hydroxylation sites is 1. The van der Waals surface area contributed by atoms with Crippen molar-refractivity contribution in [3.8, 4) is 0 Å². The number of thioether (sulfide) groups is 1. The van der Waals surface area contributed by atoms with Gasteiger partial charge in [0.1, 0.15) is 0 Å². The highest BCUT2D eigenvalue weighted by Crippen LogP contribution is 2.30. The second-order valence-corrected chi connectivity index (χ2v) is 8.01. The number of anilines is 1. The Labute approximate surface area is 157 Å². The first-order valence-electron chi connectivity index (χ1n) is 8.37. The van der Waals surface area contributed by atoms with Crippen LogP contribution in [0.2, 0.25) is 0 Å². The first kappa shape index (κ1) is 19.5. The maximum atomic E-state index is 12.7. The van der Waals surface area contributed by atoms with Crippen molar-refractivity contribution in [2.45, 2.75) is 38.0 Å². The summed E-state index contributed by atoms with van der Waals surface area (Å²) in [5.74, 6) is -0.118. The predicted molar refractivity (Wildman–Crippen MR) is 107 cm³/mol. The van der Waals surface area contributed by atoms with Crippen LogP contribution in [0.3, 0.4) is 0 Å². The predicted octanol–water partition coefficient (Wildman–Crippen LogP) is 5.29. The molecule has 0 radical (unpaired) electrons. The zero-order valence-electron chi connectivity index (χ0n) is 15.1. The largest absolute Gasteiger partial charge is 0.339 e. The first-order valence-corrected chi connectivity index (χ1v) is 10.0. The molecule has 0 saturated carbocycles. The van der Waals surface area contributed by atoms with Crippen molar-refractivity contribution < 1.29 is 9.59 Å². The van der Waals surface area contributed by atoms with Crippen LogP contribution in [0.4, 0.5) is 10.5 Å². The van der Waals surface area contributed by atoms with Crippen LogP contribution in [0.5, 0.6) is 0 Å². The SMILES string of the molecule is CCCc1sc(C(=O)Nc2ccccc2SC(=O)N(C)C)cc1CC. The van der Waals surface area contributed by atoms with Crippen LogP contribution in [0, 0.1) is 0 Å². The van der Waals surface area contributed by atoms with Gasteiger partial charge in [-0.25, -0.2) is 0 Å². The molecule has 0 spiro atoms. The molecule has 2 amide bonds. The summed E-state index contributed by atoms with van der Waals surface area (Å²) in [5.41, 5.74) is 1.92. The van der Waals surface area contributed by atoms with Crippen LogP contribution in [-0.2, 0) is 12.8 Å². The molecule has 0 saturated heterocycles. The third kappa shape index (κ3) is 5.09. The van der Waals surface area contributed by atoms with E-state index in [1.807, 2.05) is 30.3 Å². The van der Waals surface area contributed by atoms with Gasteiger partial charge in [0.05, 0.1) is 10.6 Å². The van der Waals surface area contributed by atoms with Crippen molar-refractivity contribution in [3.63, 3.8) is 0 Å². The Bertz CT molecular complexity index is 754. The molecule has 0 unspecified atom stereocenters. The van der Waals surface area contributed by atoms with Crippen molar-refractivity contribution >= 4 is 39.9 Å². The molecule has 6 heteroatoms. The van der Waals surface area contributed by atoms with Gasteiger partial charge in [-0.3, -0.25) is 9.59 Å². The number of nitrogens with zero attached hydrogens (tertiary/aromatic N) is 1. The minimum Gasteiger partial charge on any atom is -0.339 e. The van der Waals surface area contributed by atoms with E-state index in [0.29, 0.717) is 5.69 Å². The number of hydrogen-bond acceptors (Lipinski definition) is 4. The Balaban J connectivity index is 2.19. The Morgan fingerprint density at radius 2 is 1.92 bits per heavy atom. The molecule has 0 aliphatic carbocycles. The quantitative estimate of drug-likeness (QED) is 0.697. The maximum absolute atomic E-state index is 12.7. The van der Waals surface area contributed by atoms with Gasteiger partial charge in [0.15, 0.2) is 0 Å². The van der Waals surface area contributed by atoms with E-state index in [2.05, 4.69) is 19.2 Å². The van der Waals surface area contributed by atoms with Crippen molar-refractivity contribution in [1.29, 1.82) is 0 Å². The summed E-state index contributed by atoms with van der Waals surface area (Å²) in [6.45, 7) is 4.26. The van der Waals surface area contributed by atoms with E-state index in [9.17, 15) is 9.59 Å². The van der Waals surface area contributed by atoms with Crippen LogP contribution in [0.25, 0.3) is 0 Å². The fraction of sp³-hybridized carbons (Fsp3) is 0.368. The Kier molecular flexibility index (Phi) is 7.08. The second kappa shape index (κ2) is 9.06. The number of rotatable bonds is 6. The van der Waals surface area contributed by atoms with E-state index in [1.54, 1.807) is 25.4 Å². The summed E-state index contributed by atoms with van der Waals surface area (Å²) in [5, 5.41) is 2.88. The molecule has 2 rings (SSSR count). The summed E-state index contributed by atoms with van der Waals surface area (Å²) in [6.07, 6.45) is 3.01. The van der Waals surface area contributed by atoms with E-state index in [-0.39, 0.29) is 11.1 Å². The van der Waals surface area contributed by atoms with E-state index >= 15 is 0 Å². The number of carbonyl (C=O) groups excluding carboxylic acids is 2. The van der Waals surface area contributed by atoms with Gasteiger partial charge in [-0.05, 0) is 48.4 Å². The summed E-state index contributed by atoms with van der Waals surface area (Å²) in [7, 11) is 3.42. The number of carbonyl (C=O) groups is 2. The molecule has 0 bridgehead atoms. The third-order valence-corrected chi connectivity index (χ3v) is 6.03. The van der Waals surface area contributed by atoms with E-state index in [4.69, 9.17) is 0 Å². The van der Waals surface area contributed by atoms with Gasteiger partial charge in [-0.2, -0.15) is 0 Å². The van der Waals surface area contributed by atoms with Gasteiger partial charge in [-0.15, -0.1) is 11.3 Å². The molecule has 0 atom stereocenters. The molecule has 134 valence electrons. The van der Waals surface area contributed by atoms with Crippen LogP contribution < -0.4 is 5.32 Å². The van der Waals surface area contributed by atoms with Crippen LogP contribution in [0.15, 0.2) is 35.2 Å². The molecular formula is C19H24N2O2S2. The second-order valence-electron chi connectivity index (χ2n) is 5.88. The molecule has 0 aliphatic rings. The highest BCUT2D eigenvalue weighted by Gasteiger charge is 2.16. The van der Waals surface area contributed by atoms with Crippen LogP contribution >= 0.6 is 23.1 Å². The lowest BCUT2D eigenvalue weighted by atomic mass is 10.1. The highest BCUT2D eigenvalue weighted by atomic mass is 32.2. The average Bonchev–Trinajstić information content (AvgIpc) is 3.00. The monoisotopic (exact) mass is 376 g/mol. The lowest BCUT2D eigenvalue weighted by molar-refractivity contribution is 0.103. The normalized spacial score (nSPS) is 10.6. The van der Waals surface area contributed by atoms with Gasteiger partial charge in [-0.1, -0.05) is 32.4 Å². The van der Waals surface area contributed by atoms with Crippen LogP contribution in [0.1, 0.15) is 40.4 Å². The zero-order valence-corrected chi connectivity index (χ0v) is 16.7. The number of aryl methyl sites for hydroxylation is 2. The topological polar surface area (TPSA) is 49.4 Å². The molecular weight excluding hydrogens is 352 g/mol. The minimum atomic E-state index is -0.118. The first-order chi connectivity index (χ1) is 12.0. The van der Waals surface area contributed by atoms with Gasteiger partial charge in [0, 0.05) is 23.9 Å². The number of hydrogen-bond donors (Lipinski definition) is 1. The van der Waals surface area contributed by atoms with Crippen molar-refractivity contribution in [2.75, 3.05) is 19.4 Å². The van der Waals surface area contributed by atoms with Crippen molar-refractivity contribution in [3.05, 3.63) is 45.6 Å². The summed E-state index contributed by atoms with van der Waals surface area (Å²) < 4.78 is 0. The molecule has 1 aromatic heterocycles.